The van der Waals surface area contributed by atoms with Crippen molar-refractivity contribution < 1.29 is 33.4 Å². The van der Waals surface area contributed by atoms with E-state index < -0.39 is 5.97 Å². The van der Waals surface area contributed by atoms with E-state index in [9.17, 15) is 0 Å². The van der Waals surface area contributed by atoms with Crippen LogP contribution in [0.5, 0.6) is 0 Å². The van der Waals surface area contributed by atoms with Gasteiger partial charge in [-0.15, -0.1) is 0 Å². The number of carbonyl (C=O) groups excluding carboxylic acids is 1. The Morgan fingerprint density at radius 3 is 2.19 bits per heavy atom. The second-order valence-electron chi connectivity index (χ2n) is 5.33. The van der Waals surface area contributed by atoms with Gasteiger partial charge in [0.1, 0.15) is 12.4 Å². The average Bonchev–Trinajstić information content (AvgIpc) is 3.09. The van der Waals surface area contributed by atoms with Crippen molar-refractivity contribution in [3.8, 4) is 0 Å². The highest BCUT2D eigenvalue weighted by Gasteiger charge is 2.03. The van der Waals surface area contributed by atoms with Gasteiger partial charge < -0.3 is 28.8 Å². The predicted molar refractivity (Wildman–Crippen MR) is 94.5 cm³/mol. The molecule has 8 nitrogen and oxygen atoms in total. The van der Waals surface area contributed by atoms with Gasteiger partial charge in [0.25, 0.3) is 0 Å². The van der Waals surface area contributed by atoms with Crippen LogP contribution in [0.25, 0.3) is 0 Å². The van der Waals surface area contributed by atoms with Crippen LogP contribution in [0, 0.1) is 0 Å². The molecule has 0 amide bonds. The molecule has 0 unspecified atom stereocenters. The fraction of sp³-hybridized carbons (Fsp3) is 0.667. The Kier molecular flexibility index (Phi) is 16.9. The maximum atomic E-state index is 9.14. The standard InChI is InChI=1S/C15H29N2O4.C3H4O2/c1-18-11-13-20-9-3-5-16-7-8-17(15-16)6-4-10-21-14-12-19-2;1-2-3(4)5/h7-8,15H,3-6,9-14H2,1-2H3;2H,1H2,(H,4,5)/q+1;/p-1. The molecule has 0 saturated heterocycles. The minimum Gasteiger partial charge on any atom is -0.545 e. The number of nitrogens with zero attached hydrogens (tertiary/aromatic N) is 2. The second-order valence-corrected chi connectivity index (χ2v) is 5.33. The van der Waals surface area contributed by atoms with E-state index in [1.54, 1.807) is 14.2 Å². The van der Waals surface area contributed by atoms with Crippen molar-refractivity contribution in [2.75, 3.05) is 53.9 Å². The van der Waals surface area contributed by atoms with E-state index in [0.717, 1.165) is 45.2 Å². The molecule has 0 radical (unpaired) electrons. The second kappa shape index (κ2) is 18.1. The van der Waals surface area contributed by atoms with Crippen LogP contribution in [-0.4, -0.2) is 64.4 Å². The number of aryl methyl sites for hydroxylation is 2. The Morgan fingerprint density at radius 1 is 1.08 bits per heavy atom. The fourth-order valence-corrected chi connectivity index (χ4v) is 1.89. The molecule has 0 saturated carbocycles. The smallest absolute Gasteiger partial charge is 0.243 e. The molecule has 1 aromatic rings. The summed E-state index contributed by atoms with van der Waals surface area (Å²) < 4.78 is 25.1. The van der Waals surface area contributed by atoms with E-state index >= 15 is 0 Å². The quantitative estimate of drug-likeness (QED) is 0.241. The number of carbonyl (C=O) groups is 1. The molecule has 0 aliphatic rings. The summed E-state index contributed by atoms with van der Waals surface area (Å²) in [6.45, 7) is 9.07. The number of aliphatic carboxylic acids is 1. The minimum atomic E-state index is -1.23. The first kappa shape index (κ1) is 24.3. The molecular weight excluding hydrogens is 340 g/mol. The maximum Gasteiger partial charge on any atom is 0.243 e. The highest BCUT2D eigenvalue weighted by molar-refractivity contribution is 5.76. The van der Waals surface area contributed by atoms with E-state index in [4.69, 9.17) is 28.8 Å². The van der Waals surface area contributed by atoms with Crippen molar-refractivity contribution in [1.29, 1.82) is 0 Å². The molecule has 150 valence electrons. The summed E-state index contributed by atoms with van der Waals surface area (Å²) in [5, 5.41) is 9.14. The molecule has 1 aromatic heterocycles. The van der Waals surface area contributed by atoms with Crippen molar-refractivity contribution in [3.05, 3.63) is 31.4 Å². The predicted octanol–water partition coefficient (Wildman–Crippen LogP) is -0.196. The zero-order valence-electron chi connectivity index (χ0n) is 15.9. The molecule has 0 aromatic carbocycles. The minimum absolute atomic E-state index is 0.663. The number of carboxylic acids is 1. The molecule has 0 atom stereocenters. The Labute approximate surface area is 155 Å². The summed E-state index contributed by atoms with van der Waals surface area (Å²) in [4.78, 5) is 9.14. The topological polar surface area (TPSA) is 85.9 Å². The van der Waals surface area contributed by atoms with Gasteiger partial charge in [0, 0.05) is 27.1 Å². The van der Waals surface area contributed by atoms with E-state index in [1.165, 1.54) is 0 Å². The number of ether oxygens (including phenoxy) is 4. The fourth-order valence-electron chi connectivity index (χ4n) is 1.89. The van der Waals surface area contributed by atoms with Crippen molar-refractivity contribution in [3.63, 3.8) is 0 Å². The lowest BCUT2D eigenvalue weighted by Crippen LogP contribution is -2.31. The number of methoxy groups -OCH3 is 2. The van der Waals surface area contributed by atoms with E-state index in [0.29, 0.717) is 26.4 Å². The summed E-state index contributed by atoms with van der Waals surface area (Å²) in [6, 6.07) is 0. The summed E-state index contributed by atoms with van der Waals surface area (Å²) >= 11 is 0. The molecule has 1 rings (SSSR count). The number of aromatic nitrogens is 2. The van der Waals surface area contributed by atoms with Crippen LogP contribution in [0.2, 0.25) is 0 Å². The largest absolute Gasteiger partial charge is 0.545 e. The van der Waals surface area contributed by atoms with Gasteiger partial charge >= 0.3 is 0 Å². The zero-order chi connectivity index (χ0) is 19.5. The van der Waals surface area contributed by atoms with Crippen LogP contribution in [0.4, 0.5) is 0 Å². The summed E-state index contributed by atoms with van der Waals surface area (Å²) in [5.41, 5.74) is 0. The van der Waals surface area contributed by atoms with Gasteiger partial charge in [-0.1, -0.05) is 6.58 Å². The molecule has 0 aliphatic heterocycles. The van der Waals surface area contributed by atoms with Gasteiger partial charge in [0.2, 0.25) is 6.33 Å². The average molecular weight is 372 g/mol. The van der Waals surface area contributed by atoms with Crippen LogP contribution in [-0.2, 0) is 36.8 Å². The van der Waals surface area contributed by atoms with Crippen molar-refractivity contribution in [2.24, 2.45) is 0 Å². The molecule has 0 N–H and O–H groups in total. The van der Waals surface area contributed by atoms with E-state index in [2.05, 4.69) is 34.4 Å². The molecule has 0 aliphatic carbocycles. The van der Waals surface area contributed by atoms with Crippen molar-refractivity contribution in [1.82, 2.24) is 4.57 Å². The first-order valence-electron chi connectivity index (χ1n) is 8.65. The van der Waals surface area contributed by atoms with Crippen LogP contribution in [0.3, 0.4) is 0 Å². The van der Waals surface area contributed by atoms with Gasteiger partial charge in [-0.05, 0) is 6.08 Å². The van der Waals surface area contributed by atoms with Crippen LogP contribution >= 0.6 is 0 Å². The molecule has 0 bridgehead atoms. The number of carboxylic acid groups (broad SMARTS) is 1. The lowest BCUT2D eigenvalue weighted by molar-refractivity contribution is -0.697. The third-order valence-corrected chi connectivity index (χ3v) is 3.19. The Hall–Kier alpha value is -1.74. The number of hydrogen-bond donors (Lipinski definition) is 0. The molecule has 1 heterocycles. The molecule has 0 fully saturated rings. The summed E-state index contributed by atoms with van der Waals surface area (Å²) in [6.07, 6.45) is 9.07. The highest BCUT2D eigenvalue weighted by atomic mass is 16.5. The summed E-state index contributed by atoms with van der Waals surface area (Å²) in [7, 11) is 3.37. The summed E-state index contributed by atoms with van der Waals surface area (Å²) in [5.74, 6) is -1.23. The number of hydrogen-bond acceptors (Lipinski definition) is 6. The van der Waals surface area contributed by atoms with Gasteiger partial charge in [0.15, 0.2) is 0 Å². The molecule has 26 heavy (non-hydrogen) atoms. The normalized spacial score (nSPS) is 10.2. The third kappa shape index (κ3) is 15.8. The number of rotatable bonds is 15. The van der Waals surface area contributed by atoms with E-state index in [-0.39, 0.29) is 0 Å². The Morgan fingerprint density at radius 2 is 1.65 bits per heavy atom. The van der Waals surface area contributed by atoms with E-state index in [1.807, 2.05) is 0 Å². The Balaban J connectivity index is 0.00000110. The van der Waals surface area contributed by atoms with Gasteiger partial charge in [0.05, 0.1) is 58.7 Å². The lowest BCUT2D eigenvalue weighted by atomic mass is 10.4. The van der Waals surface area contributed by atoms with Gasteiger partial charge in [-0.2, -0.15) is 0 Å². The maximum absolute atomic E-state index is 9.14. The van der Waals surface area contributed by atoms with Gasteiger partial charge in [-0.25, -0.2) is 9.13 Å². The molecular formula is C18H32N2O6. The molecule has 8 heteroatoms. The monoisotopic (exact) mass is 372 g/mol. The first-order valence-corrected chi connectivity index (χ1v) is 8.65. The first-order chi connectivity index (χ1) is 12.6. The van der Waals surface area contributed by atoms with Gasteiger partial charge in [-0.3, -0.25) is 0 Å². The van der Waals surface area contributed by atoms with Crippen LogP contribution < -0.4 is 9.67 Å². The van der Waals surface area contributed by atoms with Crippen LogP contribution in [0.15, 0.2) is 31.4 Å². The number of imidazole rings is 1. The SMILES string of the molecule is C=CC(=O)[O-].COCCOCCCn1cc[n+](CCCOCCOC)c1. The van der Waals surface area contributed by atoms with Crippen LogP contribution in [0.1, 0.15) is 12.8 Å². The third-order valence-electron chi connectivity index (χ3n) is 3.19. The van der Waals surface area contributed by atoms with Crippen molar-refractivity contribution in [2.45, 2.75) is 25.9 Å². The zero-order valence-corrected chi connectivity index (χ0v) is 15.9. The Bertz CT molecular complexity index is 434. The molecule has 0 spiro atoms. The van der Waals surface area contributed by atoms with Crippen molar-refractivity contribution >= 4 is 5.97 Å². The highest BCUT2D eigenvalue weighted by Crippen LogP contribution is 1.92. The lowest BCUT2D eigenvalue weighted by Gasteiger charge is -2.02.